The summed E-state index contributed by atoms with van der Waals surface area (Å²) in [4.78, 5) is 7.01. The molecule has 5 rings (SSSR count). The van der Waals surface area contributed by atoms with E-state index in [-0.39, 0.29) is 6.10 Å². The maximum Gasteiger partial charge on any atom is 0.248 e. The minimum Gasteiger partial charge on any atom is -0.472 e. The first-order valence-electron chi connectivity index (χ1n) is 10.0. The molecule has 0 amide bonds. The van der Waals surface area contributed by atoms with Crippen LogP contribution in [0.3, 0.4) is 0 Å². The Balaban J connectivity index is 1.32. The summed E-state index contributed by atoms with van der Waals surface area (Å²) in [5, 5.41) is 16.0. The first-order valence-corrected chi connectivity index (χ1v) is 10.8. The zero-order valence-electron chi connectivity index (χ0n) is 16.2. The van der Waals surface area contributed by atoms with Crippen molar-refractivity contribution >= 4 is 29.2 Å². The number of hydrogen-bond donors (Lipinski definition) is 1. The van der Waals surface area contributed by atoms with Crippen molar-refractivity contribution in [1.29, 1.82) is 0 Å². The fourth-order valence-electron chi connectivity index (χ4n) is 4.27. The third-order valence-electron chi connectivity index (χ3n) is 5.72. The molecule has 2 atom stereocenters. The third kappa shape index (κ3) is 3.71. The van der Waals surface area contributed by atoms with E-state index in [4.69, 9.17) is 27.9 Å². The maximum atomic E-state index is 6.35. The Morgan fingerprint density at radius 1 is 1.13 bits per heavy atom. The molecule has 3 aromatic rings. The molecule has 1 aromatic carbocycles. The van der Waals surface area contributed by atoms with Crippen molar-refractivity contribution < 1.29 is 4.74 Å². The lowest BCUT2D eigenvalue weighted by molar-refractivity contribution is 0.152. The van der Waals surface area contributed by atoms with Gasteiger partial charge in [0, 0.05) is 30.9 Å². The van der Waals surface area contributed by atoms with Crippen molar-refractivity contribution in [3.63, 3.8) is 0 Å². The SMILES string of the molecule is Clc1cccc(-n2nnnc2NCc2cccnc2OC2CCN3CCCC23)c1Cl. The van der Waals surface area contributed by atoms with Crippen LogP contribution in [0.4, 0.5) is 5.95 Å². The summed E-state index contributed by atoms with van der Waals surface area (Å²) in [6.07, 6.45) is 5.43. The van der Waals surface area contributed by atoms with Gasteiger partial charge in [0.05, 0.1) is 15.7 Å². The highest BCUT2D eigenvalue weighted by Crippen LogP contribution is 2.32. The van der Waals surface area contributed by atoms with Gasteiger partial charge in [-0.1, -0.05) is 40.4 Å². The number of rotatable bonds is 6. The summed E-state index contributed by atoms with van der Waals surface area (Å²) in [6, 6.07) is 9.73. The van der Waals surface area contributed by atoms with E-state index in [1.165, 1.54) is 24.1 Å². The zero-order valence-corrected chi connectivity index (χ0v) is 17.7. The maximum absolute atomic E-state index is 6.35. The lowest BCUT2D eigenvalue weighted by Crippen LogP contribution is -2.32. The highest BCUT2D eigenvalue weighted by atomic mass is 35.5. The van der Waals surface area contributed by atoms with Crippen LogP contribution in [-0.2, 0) is 6.54 Å². The Labute approximate surface area is 184 Å². The Kier molecular flexibility index (Phi) is 5.45. The molecular formula is C20H21Cl2N7O. The van der Waals surface area contributed by atoms with Crippen molar-refractivity contribution in [3.05, 3.63) is 52.1 Å². The molecule has 30 heavy (non-hydrogen) atoms. The van der Waals surface area contributed by atoms with E-state index in [9.17, 15) is 0 Å². The second kappa shape index (κ2) is 8.37. The van der Waals surface area contributed by atoms with Gasteiger partial charge < -0.3 is 10.1 Å². The van der Waals surface area contributed by atoms with Gasteiger partial charge in [-0.2, -0.15) is 4.68 Å². The van der Waals surface area contributed by atoms with Gasteiger partial charge in [-0.15, -0.1) is 0 Å². The topological polar surface area (TPSA) is 81.0 Å². The number of tetrazole rings is 1. The molecule has 8 nitrogen and oxygen atoms in total. The van der Waals surface area contributed by atoms with Gasteiger partial charge in [-0.25, -0.2) is 4.98 Å². The van der Waals surface area contributed by atoms with Gasteiger partial charge in [0.15, 0.2) is 0 Å². The van der Waals surface area contributed by atoms with Crippen molar-refractivity contribution in [3.8, 4) is 11.6 Å². The van der Waals surface area contributed by atoms with Crippen LogP contribution in [0.1, 0.15) is 24.8 Å². The van der Waals surface area contributed by atoms with E-state index < -0.39 is 0 Å². The van der Waals surface area contributed by atoms with E-state index in [0.717, 1.165) is 18.5 Å². The van der Waals surface area contributed by atoms with Gasteiger partial charge in [0.2, 0.25) is 11.8 Å². The first-order chi connectivity index (χ1) is 14.7. The number of fused-ring (bicyclic) bond motifs is 1. The van der Waals surface area contributed by atoms with Crippen molar-refractivity contribution in [1.82, 2.24) is 30.1 Å². The van der Waals surface area contributed by atoms with E-state index in [1.807, 2.05) is 18.2 Å². The van der Waals surface area contributed by atoms with E-state index >= 15 is 0 Å². The van der Waals surface area contributed by atoms with Crippen LogP contribution >= 0.6 is 23.2 Å². The van der Waals surface area contributed by atoms with Crippen LogP contribution in [0.15, 0.2) is 36.5 Å². The molecule has 0 radical (unpaired) electrons. The molecule has 10 heteroatoms. The van der Waals surface area contributed by atoms with Crippen molar-refractivity contribution in [2.75, 3.05) is 18.4 Å². The second-order valence-corrected chi connectivity index (χ2v) is 8.28. The van der Waals surface area contributed by atoms with E-state index in [0.29, 0.717) is 40.1 Å². The molecule has 2 fully saturated rings. The highest BCUT2D eigenvalue weighted by molar-refractivity contribution is 6.43. The normalized spacial score (nSPS) is 21.0. The number of aromatic nitrogens is 5. The smallest absolute Gasteiger partial charge is 0.248 e. The fourth-order valence-corrected chi connectivity index (χ4v) is 4.65. The van der Waals surface area contributed by atoms with Crippen molar-refractivity contribution in [2.45, 2.75) is 38.0 Å². The molecule has 2 aliphatic heterocycles. The molecule has 4 heterocycles. The Morgan fingerprint density at radius 2 is 2.07 bits per heavy atom. The molecule has 1 N–H and O–H groups in total. The predicted octanol–water partition coefficient (Wildman–Crippen LogP) is 3.59. The largest absolute Gasteiger partial charge is 0.472 e. The second-order valence-electron chi connectivity index (χ2n) is 7.50. The van der Waals surface area contributed by atoms with Crippen LogP contribution < -0.4 is 10.1 Å². The molecule has 2 aromatic heterocycles. The first kappa shape index (κ1) is 19.5. The van der Waals surface area contributed by atoms with Crippen LogP contribution in [0.5, 0.6) is 5.88 Å². The third-order valence-corrected chi connectivity index (χ3v) is 6.53. The van der Waals surface area contributed by atoms with Gasteiger partial charge in [-0.3, -0.25) is 4.90 Å². The number of hydrogen-bond acceptors (Lipinski definition) is 7. The molecule has 0 spiro atoms. The lowest BCUT2D eigenvalue weighted by Gasteiger charge is -2.22. The lowest BCUT2D eigenvalue weighted by atomic mass is 10.1. The Hall–Kier alpha value is -2.42. The van der Waals surface area contributed by atoms with E-state index in [2.05, 4.69) is 30.7 Å². The monoisotopic (exact) mass is 445 g/mol. The van der Waals surface area contributed by atoms with Crippen LogP contribution in [0, 0.1) is 0 Å². The van der Waals surface area contributed by atoms with Gasteiger partial charge in [0.25, 0.3) is 0 Å². The molecule has 2 saturated heterocycles. The minimum absolute atomic E-state index is 0.191. The quantitative estimate of drug-likeness (QED) is 0.620. The zero-order chi connectivity index (χ0) is 20.5. The van der Waals surface area contributed by atoms with Crippen LogP contribution in [0.25, 0.3) is 5.69 Å². The summed E-state index contributed by atoms with van der Waals surface area (Å²) in [6.45, 7) is 2.74. The standard InChI is InChI=1S/C20H21Cl2N7O/c21-14-5-1-6-16(18(14)22)29-20(25-26-27-29)24-12-13-4-2-9-23-19(13)30-17-8-11-28-10-3-7-15(17)28/h1-2,4-6,9,15,17H,3,7-8,10-12H2,(H,24,25,27). The molecule has 2 unspecified atom stereocenters. The number of nitrogens with zero attached hydrogens (tertiary/aromatic N) is 6. The number of nitrogens with one attached hydrogen (secondary N) is 1. The molecule has 0 aliphatic carbocycles. The average Bonchev–Trinajstić information content (AvgIpc) is 3.48. The number of benzene rings is 1. The van der Waals surface area contributed by atoms with Crippen molar-refractivity contribution in [2.24, 2.45) is 0 Å². The van der Waals surface area contributed by atoms with E-state index in [1.54, 1.807) is 18.3 Å². The molecule has 0 bridgehead atoms. The van der Waals surface area contributed by atoms with Gasteiger partial charge in [0.1, 0.15) is 6.10 Å². The fraction of sp³-hybridized carbons (Fsp3) is 0.400. The summed E-state index contributed by atoms with van der Waals surface area (Å²) >= 11 is 12.5. The molecule has 156 valence electrons. The molecule has 0 saturated carbocycles. The highest BCUT2D eigenvalue weighted by Gasteiger charge is 2.39. The number of ether oxygens (including phenoxy) is 1. The predicted molar refractivity (Wildman–Crippen MR) is 114 cm³/mol. The molecule has 2 aliphatic rings. The number of halogens is 2. The summed E-state index contributed by atoms with van der Waals surface area (Å²) in [5.41, 5.74) is 1.55. The number of anilines is 1. The van der Waals surface area contributed by atoms with Gasteiger partial charge >= 0.3 is 0 Å². The van der Waals surface area contributed by atoms with Crippen LogP contribution in [0.2, 0.25) is 10.0 Å². The Morgan fingerprint density at radius 3 is 3.00 bits per heavy atom. The summed E-state index contributed by atoms with van der Waals surface area (Å²) in [7, 11) is 0. The molecular weight excluding hydrogens is 425 g/mol. The minimum atomic E-state index is 0.191. The van der Waals surface area contributed by atoms with Gasteiger partial charge in [-0.05, 0) is 54.4 Å². The summed E-state index contributed by atoms with van der Waals surface area (Å²) < 4.78 is 7.88. The summed E-state index contributed by atoms with van der Waals surface area (Å²) in [5.74, 6) is 1.11. The number of pyridine rings is 1. The van der Waals surface area contributed by atoms with Crippen LogP contribution in [-0.4, -0.2) is 55.3 Å². The average molecular weight is 446 g/mol. The Bertz CT molecular complexity index is 1040.